The van der Waals surface area contributed by atoms with E-state index in [1.165, 1.54) is 0 Å². The number of ketones is 1. The molecule has 1 saturated heterocycles. The maximum absolute atomic E-state index is 12.5. The van der Waals surface area contributed by atoms with Gasteiger partial charge in [-0.15, -0.1) is 0 Å². The van der Waals surface area contributed by atoms with Crippen molar-refractivity contribution < 1.29 is 18.8 Å². The number of hydrogen-bond donors (Lipinski definition) is 0. The third-order valence-electron chi connectivity index (χ3n) is 6.10. The highest BCUT2D eigenvalue weighted by molar-refractivity contribution is 6.74. The molecule has 0 aromatic heterocycles. The molecule has 0 bridgehead atoms. The van der Waals surface area contributed by atoms with Gasteiger partial charge in [0.25, 0.3) is 0 Å². The van der Waals surface area contributed by atoms with Crippen LogP contribution in [0.5, 0.6) is 0 Å². The zero-order chi connectivity index (χ0) is 18.8. The molecule has 0 aromatic rings. The van der Waals surface area contributed by atoms with Gasteiger partial charge in [-0.3, -0.25) is 9.59 Å². The zero-order valence-corrected chi connectivity index (χ0v) is 17.6. The van der Waals surface area contributed by atoms with Gasteiger partial charge >= 0.3 is 5.97 Å². The van der Waals surface area contributed by atoms with Crippen LogP contribution in [0.4, 0.5) is 0 Å². The SMILES string of the molecule is C[C@H]1CCCC[C@H]2C(=O)C=C[C@H](O[Si](C)(C)C(C)(C)C)[C@@H]2CC(=O)O1. The number of fused-ring (bicyclic) bond motifs is 1. The van der Waals surface area contributed by atoms with Gasteiger partial charge in [0.15, 0.2) is 14.1 Å². The van der Waals surface area contributed by atoms with Crippen molar-refractivity contribution in [3.8, 4) is 0 Å². The van der Waals surface area contributed by atoms with Gasteiger partial charge in [0.2, 0.25) is 0 Å². The van der Waals surface area contributed by atoms with Crippen LogP contribution in [0, 0.1) is 11.8 Å². The third kappa shape index (κ3) is 5.04. The van der Waals surface area contributed by atoms with Gasteiger partial charge in [-0.25, -0.2) is 0 Å². The lowest BCUT2D eigenvalue weighted by atomic mass is 9.75. The van der Waals surface area contributed by atoms with E-state index in [-0.39, 0.29) is 47.3 Å². The number of cyclic esters (lactones) is 1. The Kier molecular flexibility index (Phi) is 6.31. The molecule has 0 unspecified atom stereocenters. The first-order chi connectivity index (χ1) is 11.5. The molecule has 0 amide bonds. The number of rotatable bonds is 2. The van der Waals surface area contributed by atoms with Crippen LogP contribution < -0.4 is 0 Å². The maximum atomic E-state index is 12.5. The van der Waals surface area contributed by atoms with Crippen molar-refractivity contribution in [2.24, 2.45) is 11.8 Å². The molecule has 1 aliphatic carbocycles. The van der Waals surface area contributed by atoms with E-state index in [0.29, 0.717) is 0 Å². The van der Waals surface area contributed by atoms with Gasteiger partial charge in [0.05, 0.1) is 18.6 Å². The molecule has 4 atom stereocenters. The molecule has 2 aliphatic rings. The third-order valence-corrected chi connectivity index (χ3v) is 10.6. The fourth-order valence-corrected chi connectivity index (χ4v) is 4.76. The normalized spacial score (nSPS) is 32.1. The van der Waals surface area contributed by atoms with E-state index in [9.17, 15) is 9.59 Å². The predicted molar refractivity (Wildman–Crippen MR) is 102 cm³/mol. The summed E-state index contributed by atoms with van der Waals surface area (Å²) < 4.78 is 12.1. The summed E-state index contributed by atoms with van der Waals surface area (Å²) in [6, 6.07) is 0. The summed E-state index contributed by atoms with van der Waals surface area (Å²) in [5, 5.41) is 0.0861. The van der Waals surface area contributed by atoms with Crippen molar-refractivity contribution in [1.82, 2.24) is 0 Å². The summed E-state index contributed by atoms with van der Waals surface area (Å²) >= 11 is 0. The van der Waals surface area contributed by atoms with Gasteiger partial charge in [0.1, 0.15) is 0 Å². The van der Waals surface area contributed by atoms with Crippen molar-refractivity contribution >= 4 is 20.1 Å². The van der Waals surface area contributed by atoms with Crippen molar-refractivity contribution in [3.63, 3.8) is 0 Å². The monoisotopic (exact) mass is 366 g/mol. The highest BCUT2D eigenvalue weighted by Crippen LogP contribution is 2.41. The summed E-state index contributed by atoms with van der Waals surface area (Å²) in [7, 11) is -1.99. The summed E-state index contributed by atoms with van der Waals surface area (Å²) in [5.74, 6) is -0.289. The average molecular weight is 367 g/mol. The van der Waals surface area contributed by atoms with Crippen LogP contribution in [0.1, 0.15) is 59.8 Å². The van der Waals surface area contributed by atoms with Gasteiger partial charge in [-0.1, -0.05) is 33.3 Å². The smallest absolute Gasteiger partial charge is 0.306 e. The van der Waals surface area contributed by atoms with E-state index < -0.39 is 8.32 Å². The van der Waals surface area contributed by atoms with Crippen molar-refractivity contribution in [2.75, 3.05) is 0 Å². The minimum Gasteiger partial charge on any atom is -0.463 e. The molecule has 1 fully saturated rings. The van der Waals surface area contributed by atoms with E-state index in [1.54, 1.807) is 6.08 Å². The average Bonchev–Trinajstić information content (AvgIpc) is 2.47. The predicted octanol–water partition coefficient (Wildman–Crippen LogP) is 4.64. The Hall–Kier alpha value is -0.943. The van der Waals surface area contributed by atoms with Crippen LogP contribution >= 0.6 is 0 Å². The quantitative estimate of drug-likeness (QED) is 0.527. The molecule has 142 valence electrons. The molecule has 25 heavy (non-hydrogen) atoms. The van der Waals surface area contributed by atoms with E-state index in [2.05, 4.69) is 33.9 Å². The zero-order valence-electron chi connectivity index (χ0n) is 16.6. The van der Waals surface area contributed by atoms with Crippen LogP contribution in [-0.4, -0.2) is 32.3 Å². The van der Waals surface area contributed by atoms with Crippen LogP contribution in [0.2, 0.25) is 18.1 Å². The van der Waals surface area contributed by atoms with E-state index in [0.717, 1.165) is 25.7 Å². The molecular formula is C20H34O4Si. The summed E-state index contributed by atoms with van der Waals surface area (Å²) in [6.45, 7) is 13.0. The molecule has 0 saturated carbocycles. The Balaban J connectivity index is 2.26. The van der Waals surface area contributed by atoms with E-state index in [1.807, 2.05) is 13.0 Å². The van der Waals surface area contributed by atoms with Crippen molar-refractivity contribution in [2.45, 2.75) is 90.1 Å². The van der Waals surface area contributed by atoms with Crippen LogP contribution in [0.25, 0.3) is 0 Å². The Bertz CT molecular complexity index is 532. The highest BCUT2D eigenvalue weighted by atomic mass is 28.4. The first-order valence-corrected chi connectivity index (χ1v) is 12.5. The van der Waals surface area contributed by atoms with E-state index in [4.69, 9.17) is 9.16 Å². The Labute approximate surface area is 153 Å². The molecule has 1 aliphatic heterocycles. The first kappa shape index (κ1) is 20.4. The second-order valence-corrected chi connectivity index (χ2v) is 13.9. The fourth-order valence-electron chi connectivity index (χ4n) is 3.47. The van der Waals surface area contributed by atoms with Gasteiger partial charge < -0.3 is 9.16 Å². The van der Waals surface area contributed by atoms with Crippen LogP contribution in [-0.2, 0) is 18.8 Å². The molecule has 0 radical (unpaired) electrons. The Morgan fingerprint density at radius 3 is 2.44 bits per heavy atom. The first-order valence-electron chi connectivity index (χ1n) is 9.60. The van der Waals surface area contributed by atoms with Gasteiger partial charge in [-0.05, 0) is 50.4 Å². The van der Waals surface area contributed by atoms with Crippen LogP contribution in [0.3, 0.4) is 0 Å². The van der Waals surface area contributed by atoms with Crippen molar-refractivity contribution in [1.29, 1.82) is 0 Å². The molecular weight excluding hydrogens is 332 g/mol. The Morgan fingerprint density at radius 2 is 1.80 bits per heavy atom. The van der Waals surface area contributed by atoms with Crippen LogP contribution in [0.15, 0.2) is 12.2 Å². The molecule has 1 heterocycles. The number of hydrogen-bond acceptors (Lipinski definition) is 4. The summed E-state index contributed by atoms with van der Waals surface area (Å²) in [5.41, 5.74) is 0. The summed E-state index contributed by atoms with van der Waals surface area (Å²) in [4.78, 5) is 24.9. The molecule has 0 spiro atoms. The number of carbonyl (C=O) groups excluding carboxylic acids is 2. The lowest BCUT2D eigenvalue weighted by Crippen LogP contribution is -2.48. The molecule has 0 N–H and O–H groups in total. The second-order valence-electron chi connectivity index (χ2n) is 9.16. The number of allylic oxidation sites excluding steroid dienone is 1. The Morgan fingerprint density at radius 1 is 1.16 bits per heavy atom. The maximum Gasteiger partial charge on any atom is 0.306 e. The largest absolute Gasteiger partial charge is 0.463 e. The molecule has 4 nitrogen and oxygen atoms in total. The van der Waals surface area contributed by atoms with E-state index >= 15 is 0 Å². The van der Waals surface area contributed by atoms with Gasteiger partial charge in [0, 0.05) is 11.8 Å². The number of carbonyl (C=O) groups is 2. The number of esters is 1. The summed E-state index contributed by atoms with van der Waals surface area (Å²) in [6.07, 6.45) is 7.31. The molecule has 2 rings (SSSR count). The minimum absolute atomic E-state index is 0.0429. The second kappa shape index (κ2) is 7.75. The highest BCUT2D eigenvalue weighted by Gasteiger charge is 2.44. The molecule has 0 aromatic carbocycles. The minimum atomic E-state index is -1.99. The lowest BCUT2D eigenvalue weighted by Gasteiger charge is -2.43. The fraction of sp³-hybridized carbons (Fsp3) is 0.800. The standard InChI is InChI=1S/C20H34O4Si/c1-14-9-7-8-10-15-16(13-19(22)23-14)18(12-11-17(15)21)24-25(5,6)20(2,3)4/h11-12,14-16,18H,7-10,13H2,1-6H3/t14-,15+,16+,18-/m0/s1. The molecule has 5 heteroatoms. The lowest BCUT2D eigenvalue weighted by molar-refractivity contribution is -0.152. The van der Waals surface area contributed by atoms with Crippen molar-refractivity contribution in [3.05, 3.63) is 12.2 Å². The topological polar surface area (TPSA) is 52.6 Å². The van der Waals surface area contributed by atoms with Gasteiger partial charge in [-0.2, -0.15) is 0 Å². The number of ether oxygens (including phenoxy) is 1.